The van der Waals surface area contributed by atoms with Gasteiger partial charge in [0.2, 0.25) is 0 Å². The molecule has 0 radical (unpaired) electrons. The highest BCUT2D eigenvalue weighted by atomic mass is 16.6. The zero-order chi connectivity index (χ0) is 15.1. The van der Waals surface area contributed by atoms with Crippen molar-refractivity contribution in [3.63, 3.8) is 0 Å². The molecule has 21 heavy (non-hydrogen) atoms. The number of hydrogen-bond donors (Lipinski definition) is 1. The van der Waals surface area contributed by atoms with Crippen molar-refractivity contribution in [3.8, 4) is 11.7 Å². The molecule has 2 rings (SSSR count). The van der Waals surface area contributed by atoms with E-state index in [1.165, 1.54) is 29.1 Å². The molecule has 1 aromatic carbocycles. The van der Waals surface area contributed by atoms with Crippen LogP contribution in [0.4, 0.5) is 5.69 Å². The van der Waals surface area contributed by atoms with Crippen molar-refractivity contribution in [2.45, 2.75) is 0 Å². The Morgan fingerprint density at radius 2 is 2.00 bits per heavy atom. The van der Waals surface area contributed by atoms with E-state index in [2.05, 4.69) is 15.4 Å². The van der Waals surface area contributed by atoms with Crippen LogP contribution in [-0.4, -0.2) is 56.7 Å². The molecule has 0 bridgehead atoms. The number of nitro groups is 1. The van der Waals surface area contributed by atoms with Gasteiger partial charge >= 0.3 is 6.01 Å². The first-order chi connectivity index (χ1) is 10.2. The van der Waals surface area contributed by atoms with Crippen LogP contribution in [0.1, 0.15) is 0 Å². The number of ether oxygens (including phenoxy) is 2. The lowest BCUT2D eigenvalue weighted by molar-refractivity contribution is -0.384. The van der Waals surface area contributed by atoms with Crippen molar-refractivity contribution in [1.29, 1.82) is 0 Å². The zero-order valence-corrected chi connectivity index (χ0v) is 11.0. The van der Waals surface area contributed by atoms with Crippen molar-refractivity contribution in [3.05, 3.63) is 34.4 Å². The van der Waals surface area contributed by atoms with Gasteiger partial charge in [-0.2, -0.15) is 0 Å². The Morgan fingerprint density at radius 3 is 2.67 bits per heavy atom. The molecular weight excluding hydrogens is 282 g/mol. The van der Waals surface area contributed by atoms with E-state index in [0.717, 1.165) is 0 Å². The maximum atomic E-state index is 10.6. The highest BCUT2D eigenvalue weighted by Crippen LogP contribution is 2.14. The Labute approximate surface area is 119 Å². The van der Waals surface area contributed by atoms with E-state index in [-0.39, 0.29) is 31.5 Å². The molecule has 0 saturated heterocycles. The highest BCUT2D eigenvalue weighted by molar-refractivity contribution is 5.39. The number of rotatable bonds is 8. The number of nitrogens with zero attached hydrogens (tertiary/aromatic N) is 5. The monoisotopic (exact) mass is 295 g/mol. The SMILES string of the molecule is O=[N+]([O-])c1ccc(-n2nnc(OCCOCCO)n2)cc1. The summed E-state index contributed by atoms with van der Waals surface area (Å²) in [7, 11) is 0. The molecule has 0 amide bonds. The van der Waals surface area contributed by atoms with E-state index >= 15 is 0 Å². The fourth-order valence-electron chi connectivity index (χ4n) is 1.43. The van der Waals surface area contributed by atoms with Crippen LogP contribution in [0, 0.1) is 10.1 Å². The number of aromatic nitrogens is 4. The van der Waals surface area contributed by atoms with Crippen molar-refractivity contribution < 1.29 is 19.5 Å². The van der Waals surface area contributed by atoms with Crippen LogP contribution in [0.25, 0.3) is 5.69 Å². The highest BCUT2D eigenvalue weighted by Gasteiger charge is 2.08. The second-order valence-electron chi connectivity index (χ2n) is 3.82. The minimum atomic E-state index is -0.487. The Balaban J connectivity index is 1.91. The van der Waals surface area contributed by atoms with Crippen molar-refractivity contribution >= 4 is 5.69 Å². The molecule has 0 aliphatic carbocycles. The third-order valence-electron chi connectivity index (χ3n) is 2.38. The second kappa shape index (κ2) is 7.26. The molecule has 0 aliphatic rings. The van der Waals surface area contributed by atoms with Gasteiger partial charge in [-0.05, 0) is 17.3 Å². The van der Waals surface area contributed by atoms with E-state index in [0.29, 0.717) is 12.3 Å². The number of benzene rings is 1. The van der Waals surface area contributed by atoms with Crippen LogP contribution in [0.3, 0.4) is 0 Å². The van der Waals surface area contributed by atoms with Gasteiger partial charge in [-0.3, -0.25) is 10.1 Å². The van der Waals surface area contributed by atoms with Gasteiger partial charge in [0.1, 0.15) is 6.61 Å². The van der Waals surface area contributed by atoms with Gasteiger partial charge in [0.15, 0.2) is 0 Å². The summed E-state index contributed by atoms with van der Waals surface area (Å²) in [6, 6.07) is 5.78. The third kappa shape index (κ3) is 4.19. The Bertz CT molecular complexity index is 585. The van der Waals surface area contributed by atoms with Crippen molar-refractivity contribution in [2.24, 2.45) is 0 Å². The summed E-state index contributed by atoms with van der Waals surface area (Å²) in [5.41, 5.74) is 0.510. The van der Waals surface area contributed by atoms with Crippen LogP contribution in [-0.2, 0) is 4.74 Å². The molecule has 0 saturated carbocycles. The van der Waals surface area contributed by atoms with Gasteiger partial charge in [0.05, 0.1) is 30.4 Å². The largest absolute Gasteiger partial charge is 0.459 e. The van der Waals surface area contributed by atoms with Gasteiger partial charge in [-0.1, -0.05) is 10.2 Å². The topological polar surface area (TPSA) is 125 Å². The van der Waals surface area contributed by atoms with Gasteiger partial charge in [0.25, 0.3) is 5.69 Å². The predicted molar refractivity (Wildman–Crippen MR) is 69.2 cm³/mol. The predicted octanol–water partition coefficient (Wildman–Crippen LogP) is -0.0418. The van der Waals surface area contributed by atoms with E-state index in [4.69, 9.17) is 14.6 Å². The first-order valence-electron chi connectivity index (χ1n) is 6.07. The van der Waals surface area contributed by atoms with E-state index in [1.54, 1.807) is 0 Å². The van der Waals surface area contributed by atoms with Gasteiger partial charge in [-0.25, -0.2) is 0 Å². The molecule has 1 heterocycles. The van der Waals surface area contributed by atoms with E-state index in [1.807, 2.05) is 0 Å². The summed E-state index contributed by atoms with van der Waals surface area (Å²) in [5.74, 6) is 0. The van der Waals surface area contributed by atoms with Gasteiger partial charge in [0, 0.05) is 12.1 Å². The average Bonchev–Trinajstić information content (AvgIpc) is 2.96. The molecule has 0 aliphatic heterocycles. The Kier molecular flexibility index (Phi) is 5.12. The number of tetrazole rings is 1. The Hall–Kier alpha value is -2.59. The van der Waals surface area contributed by atoms with Crippen LogP contribution < -0.4 is 4.74 Å². The lowest BCUT2D eigenvalue weighted by atomic mass is 10.3. The maximum Gasteiger partial charge on any atom is 0.356 e. The van der Waals surface area contributed by atoms with E-state index in [9.17, 15) is 10.1 Å². The molecule has 10 heteroatoms. The fraction of sp³-hybridized carbons (Fsp3) is 0.364. The molecule has 2 aromatic rings. The summed E-state index contributed by atoms with van der Waals surface area (Å²) in [5, 5.41) is 30.5. The molecule has 0 fully saturated rings. The summed E-state index contributed by atoms with van der Waals surface area (Å²) in [6.45, 7) is 0.722. The molecule has 1 aromatic heterocycles. The lowest BCUT2D eigenvalue weighted by Gasteiger charge is -2.01. The minimum Gasteiger partial charge on any atom is -0.459 e. The third-order valence-corrected chi connectivity index (χ3v) is 2.38. The number of non-ortho nitro benzene ring substituents is 1. The van der Waals surface area contributed by atoms with E-state index < -0.39 is 4.92 Å². The van der Waals surface area contributed by atoms with Crippen LogP contribution in [0.15, 0.2) is 24.3 Å². The first-order valence-corrected chi connectivity index (χ1v) is 6.07. The lowest BCUT2D eigenvalue weighted by Crippen LogP contribution is -2.09. The van der Waals surface area contributed by atoms with Gasteiger partial charge < -0.3 is 14.6 Å². The molecule has 1 N–H and O–H groups in total. The summed E-state index contributed by atoms with van der Waals surface area (Å²) in [4.78, 5) is 11.3. The van der Waals surface area contributed by atoms with Crippen molar-refractivity contribution in [2.75, 3.05) is 26.4 Å². The number of hydrogen-bond acceptors (Lipinski definition) is 8. The summed E-state index contributed by atoms with van der Waals surface area (Å²) >= 11 is 0. The zero-order valence-electron chi connectivity index (χ0n) is 11.0. The number of nitro benzene ring substituents is 1. The summed E-state index contributed by atoms with van der Waals surface area (Å²) < 4.78 is 10.2. The normalized spacial score (nSPS) is 10.5. The second-order valence-corrected chi connectivity index (χ2v) is 3.82. The minimum absolute atomic E-state index is 0.0172. The fourth-order valence-corrected chi connectivity index (χ4v) is 1.43. The quantitative estimate of drug-likeness (QED) is 0.408. The molecule has 112 valence electrons. The van der Waals surface area contributed by atoms with Crippen molar-refractivity contribution in [1.82, 2.24) is 20.2 Å². The summed E-state index contributed by atoms with van der Waals surface area (Å²) in [6.07, 6.45) is 0. The van der Waals surface area contributed by atoms with Crippen LogP contribution in [0.2, 0.25) is 0 Å². The first kappa shape index (κ1) is 14.8. The smallest absolute Gasteiger partial charge is 0.356 e. The molecule has 0 spiro atoms. The standard InChI is InChI=1S/C11H13N5O5/c17-5-6-20-7-8-21-11-12-14-15(13-11)9-1-3-10(4-2-9)16(18)19/h1-4,17H,5-8H2. The molecular formula is C11H13N5O5. The molecule has 10 nitrogen and oxygen atoms in total. The van der Waals surface area contributed by atoms with Crippen LogP contribution >= 0.6 is 0 Å². The van der Waals surface area contributed by atoms with Gasteiger partial charge in [-0.15, -0.1) is 4.80 Å². The number of aliphatic hydroxyl groups excluding tert-OH is 1. The number of aliphatic hydroxyl groups is 1. The Morgan fingerprint density at radius 1 is 1.24 bits per heavy atom. The maximum absolute atomic E-state index is 10.6. The molecule has 0 unspecified atom stereocenters. The van der Waals surface area contributed by atoms with Crippen LogP contribution in [0.5, 0.6) is 6.01 Å². The average molecular weight is 295 g/mol. The molecule has 0 atom stereocenters.